The van der Waals surface area contributed by atoms with Crippen LogP contribution in [-0.2, 0) is 0 Å². The fourth-order valence-corrected chi connectivity index (χ4v) is 3.12. The topological polar surface area (TPSA) is 29.3 Å². The summed E-state index contributed by atoms with van der Waals surface area (Å²) in [5, 5.41) is 0. The number of thioether (sulfide) groups is 1. The van der Waals surface area contributed by atoms with E-state index < -0.39 is 0 Å². The molecule has 0 bridgehead atoms. The first-order valence-electron chi connectivity index (χ1n) is 5.26. The van der Waals surface area contributed by atoms with Crippen LogP contribution in [0.25, 0.3) is 0 Å². The molecule has 0 aromatic heterocycles. The Kier molecular flexibility index (Phi) is 5.14. The third kappa shape index (κ3) is 3.88. The molecule has 0 spiro atoms. The molecule has 0 saturated carbocycles. The summed E-state index contributed by atoms with van der Waals surface area (Å²) in [6.07, 6.45) is 1.36. The first kappa shape index (κ1) is 11.3. The van der Waals surface area contributed by atoms with Crippen LogP contribution in [0.2, 0.25) is 0 Å². The van der Waals surface area contributed by atoms with Crippen LogP contribution in [0.3, 0.4) is 0 Å². The fraction of sp³-hybridized carbons (Fsp3) is 1.00. The number of hydrogen-bond acceptors (Lipinski definition) is 3. The van der Waals surface area contributed by atoms with Gasteiger partial charge in [-0.1, -0.05) is 13.8 Å². The molecule has 0 amide bonds. The van der Waals surface area contributed by atoms with Crippen LogP contribution in [-0.4, -0.2) is 42.1 Å². The molecule has 1 fully saturated rings. The smallest absolute Gasteiger partial charge is 0.0194 e. The molecule has 2 nitrogen and oxygen atoms in total. The first-order chi connectivity index (χ1) is 6.24. The number of nitrogens with zero attached hydrogens (tertiary/aromatic N) is 1. The Morgan fingerprint density at radius 2 is 2.31 bits per heavy atom. The van der Waals surface area contributed by atoms with Gasteiger partial charge in [0.1, 0.15) is 0 Å². The number of hydrogen-bond donors (Lipinski definition) is 1. The van der Waals surface area contributed by atoms with Gasteiger partial charge in [-0.25, -0.2) is 0 Å². The second-order valence-electron chi connectivity index (χ2n) is 4.19. The third-order valence-corrected chi connectivity index (χ3v) is 3.58. The van der Waals surface area contributed by atoms with E-state index in [1.54, 1.807) is 0 Å². The fourth-order valence-electron chi connectivity index (χ4n) is 1.87. The monoisotopic (exact) mass is 202 g/mol. The molecule has 1 atom stereocenters. The van der Waals surface area contributed by atoms with Gasteiger partial charge in [-0.15, -0.1) is 0 Å². The standard InChI is InChI=1S/C10H22N2S/c1-9(2)7-12(5-4-11)10-3-6-13-8-10/h9-10H,3-8,11H2,1-2H3. The van der Waals surface area contributed by atoms with Crippen LogP contribution < -0.4 is 5.73 Å². The van der Waals surface area contributed by atoms with Crippen molar-refractivity contribution in [1.82, 2.24) is 4.90 Å². The molecule has 1 aliphatic rings. The van der Waals surface area contributed by atoms with Crippen molar-refractivity contribution < 1.29 is 0 Å². The number of nitrogens with two attached hydrogens (primary N) is 1. The minimum absolute atomic E-state index is 0.761. The van der Waals surface area contributed by atoms with Crippen molar-refractivity contribution in [2.24, 2.45) is 11.7 Å². The van der Waals surface area contributed by atoms with Gasteiger partial charge in [0.05, 0.1) is 0 Å². The number of rotatable bonds is 5. The van der Waals surface area contributed by atoms with Gasteiger partial charge < -0.3 is 5.73 Å². The van der Waals surface area contributed by atoms with E-state index in [0.717, 1.165) is 25.0 Å². The van der Waals surface area contributed by atoms with Crippen molar-refractivity contribution in [3.8, 4) is 0 Å². The Morgan fingerprint density at radius 1 is 1.54 bits per heavy atom. The van der Waals surface area contributed by atoms with Gasteiger partial charge in [-0.3, -0.25) is 4.90 Å². The van der Waals surface area contributed by atoms with Crippen LogP contribution in [0.5, 0.6) is 0 Å². The van der Waals surface area contributed by atoms with Crippen molar-refractivity contribution >= 4 is 11.8 Å². The van der Waals surface area contributed by atoms with Crippen LogP contribution in [0.4, 0.5) is 0 Å². The Hall–Kier alpha value is 0.270. The van der Waals surface area contributed by atoms with Crippen LogP contribution in [0, 0.1) is 5.92 Å². The van der Waals surface area contributed by atoms with Crippen molar-refractivity contribution in [3.05, 3.63) is 0 Å². The Labute approximate surface area is 86.2 Å². The molecule has 0 aliphatic carbocycles. The second kappa shape index (κ2) is 5.89. The zero-order valence-corrected chi connectivity index (χ0v) is 9.65. The van der Waals surface area contributed by atoms with E-state index >= 15 is 0 Å². The van der Waals surface area contributed by atoms with Crippen LogP contribution in [0.1, 0.15) is 20.3 Å². The third-order valence-electron chi connectivity index (χ3n) is 2.44. The minimum atomic E-state index is 0.761. The van der Waals surface area contributed by atoms with Gasteiger partial charge in [0.25, 0.3) is 0 Å². The van der Waals surface area contributed by atoms with Gasteiger partial charge in [0, 0.05) is 31.4 Å². The van der Waals surface area contributed by atoms with Gasteiger partial charge in [0.2, 0.25) is 0 Å². The first-order valence-corrected chi connectivity index (χ1v) is 6.41. The molecule has 1 unspecified atom stereocenters. The maximum absolute atomic E-state index is 5.62. The van der Waals surface area contributed by atoms with Gasteiger partial charge in [0.15, 0.2) is 0 Å². The molecule has 1 aliphatic heterocycles. The van der Waals surface area contributed by atoms with Gasteiger partial charge in [-0.2, -0.15) is 11.8 Å². The largest absolute Gasteiger partial charge is 0.329 e. The molecule has 2 N–H and O–H groups in total. The van der Waals surface area contributed by atoms with E-state index in [2.05, 4.69) is 30.5 Å². The lowest BCUT2D eigenvalue weighted by Crippen LogP contribution is -2.41. The van der Waals surface area contributed by atoms with E-state index in [1.807, 2.05) is 0 Å². The lowest BCUT2D eigenvalue weighted by atomic mass is 10.1. The molecule has 1 saturated heterocycles. The average molecular weight is 202 g/mol. The predicted octanol–water partition coefficient (Wildman–Crippen LogP) is 1.41. The zero-order valence-electron chi connectivity index (χ0n) is 8.83. The average Bonchev–Trinajstić information content (AvgIpc) is 2.54. The zero-order chi connectivity index (χ0) is 9.68. The Bertz CT molecular complexity index is 133. The molecule has 78 valence electrons. The van der Waals surface area contributed by atoms with Crippen LogP contribution in [0.15, 0.2) is 0 Å². The van der Waals surface area contributed by atoms with E-state index in [9.17, 15) is 0 Å². The molecule has 1 heterocycles. The highest BCUT2D eigenvalue weighted by Crippen LogP contribution is 2.22. The van der Waals surface area contributed by atoms with Crippen molar-refractivity contribution in [2.75, 3.05) is 31.1 Å². The molecular weight excluding hydrogens is 180 g/mol. The highest BCUT2D eigenvalue weighted by Gasteiger charge is 2.22. The summed E-state index contributed by atoms with van der Waals surface area (Å²) in [6, 6.07) is 0.802. The molecule has 0 aromatic carbocycles. The lowest BCUT2D eigenvalue weighted by Gasteiger charge is -2.29. The van der Waals surface area contributed by atoms with E-state index in [1.165, 1.54) is 24.5 Å². The second-order valence-corrected chi connectivity index (χ2v) is 5.34. The van der Waals surface area contributed by atoms with Gasteiger partial charge in [-0.05, 0) is 18.1 Å². The van der Waals surface area contributed by atoms with Crippen molar-refractivity contribution in [3.63, 3.8) is 0 Å². The minimum Gasteiger partial charge on any atom is -0.329 e. The summed E-state index contributed by atoms with van der Waals surface area (Å²) in [6.45, 7) is 7.65. The molecule has 13 heavy (non-hydrogen) atoms. The summed E-state index contributed by atoms with van der Waals surface area (Å²) < 4.78 is 0. The summed E-state index contributed by atoms with van der Waals surface area (Å²) in [7, 11) is 0. The highest BCUT2D eigenvalue weighted by molar-refractivity contribution is 7.99. The summed E-state index contributed by atoms with van der Waals surface area (Å²) >= 11 is 2.08. The summed E-state index contributed by atoms with van der Waals surface area (Å²) in [4.78, 5) is 2.57. The van der Waals surface area contributed by atoms with Gasteiger partial charge >= 0.3 is 0 Å². The molecule has 0 radical (unpaired) electrons. The molecule has 1 rings (SSSR count). The quantitative estimate of drug-likeness (QED) is 0.731. The highest BCUT2D eigenvalue weighted by atomic mass is 32.2. The van der Waals surface area contributed by atoms with E-state index in [-0.39, 0.29) is 0 Å². The molecule has 3 heteroatoms. The van der Waals surface area contributed by atoms with E-state index in [0.29, 0.717) is 0 Å². The van der Waals surface area contributed by atoms with Crippen molar-refractivity contribution in [2.45, 2.75) is 26.3 Å². The normalized spacial score (nSPS) is 23.3. The molecular formula is C10H22N2S. The SMILES string of the molecule is CC(C)CN(CCN)C1CCSC1. The predicted molar refractivity (Wildman–Crippen MR) is 61.2 cm³/mol. The maximum atomic E-state index is 5.62. The van der Waals surface area contributed by atoms with E-state index in [4.69, 9.17) is 5.73 Å². The van der Waals surface area contributed by atoms with Crippen molar-refractivity contribution in [1.29, 1.82) is 0 Å². The summed E-state index contributed by atoms with van der Waals surface area (Å²) in [5.74, 6) is 3.41. The van der Waals surface area contributed by atoms with Crippen LogP contribution >= 0.6 is 11.8 Å². The molecule has 0 aromatic rings. The lowest BCUT2D eigenvalue weighted by molar-refractivity contribution is 0.195. The maximum Gasteiger partial charge on any atom is 0.0194 e. The Morgan fingerprint density at radius 3 is 2.77 bits per heavy atom. The summed E-state index contributed by atoms with van der Waals surface area (Å²) in [5.41, 5.74) is 5.62. The Balaban J connectivity index is 2.35.